The third-order valence-corrected chi connectivity index (χ3v) is 2.60. The zero-order valence-electron chi connectivity index (χ0n) is 8.73. The zero-order chi connectivity index (χ0) is 10.0. The molecule has 78 valence electrons. The molecule has 4 nitrogen and oxygen atoms in total. The third kappa shape index (κ3) is 2.40. The van der Waals surface area contributed by atoms with E-state index in [1.807, 2.05) is 25.9 Å². The SMILES string of the molecule is CO[C@@H]1C[C@@H](N(C)C)[C@@H](O)[C@H](C)O1. The van der Waals surface area contributed by atoms with Crippen LogP contribution in [0.15, 0.2) is 0 Å². The largest absolute Gasteiger partial charge is 0.389 e. The first kappa shape index (κ1) is 10.9. The van der Waals surface area contributed by atoms with Gasteiger partial charge in [-0.25, -0.2) is 0 Å². The van der Waals surface area contributed by atoms with E-state index in [4.69, 9.17) is 9.47 Å². The van der Waals surface area contributed by atoms with Crippen LogP contribution in [0.2, 0.25) is 0 Å². The number of hydrogen-bond acceptors (Lipinski definition) is 4. The van der Waals surface area contributed by atoms with Crippen LogP contribution in [0.3, 0.4) is 0 Å². The average Bonchev–Trinajstić information content (AvgIpc) is 2.09. The minimum absolute atomic E-state index is 0.119. The second-order valence-corrected chi connectivity index (χ2v) is 3.76. The monoisotopic (exact) mass is 189 g/mol. The van der Waals surface area contributed by atoms with E-state index < -0.39 is 6.10 Å². The van der Waals surface area contributed by atoms with Crippen LogP contribution in [0.5, 0.6) is 0 Å². The molecule has 1 heterocycles. The van der Waals surface area contributed by atoms with Crippen LogP contribution < -0.4 is 0 Å². The number of rotatable bonds is 2. The maximum absolute atomic E-state index is 9.80. The highest BCUT2D eigenvalue weighted by Gasteiger charge is 2.36. The molecule has 0 radical (unpaired) electrons. The number of likely N-dealkylation sites (N-methyl/N-ethyl adjacent to an activating group) is 1. The minimum Gasteiger partial charge on any atom is -0.389 e. The Kier molecular flexibility index (Phi) is 3.67. The van der Waals surface area contributed by atoms with Crippen molar-refractivity contribution >= 4 is 0 Å². The van der Waals surface area contributed by atoms with Gasteiger partial charge < -0.3 is 19.5 Å². The van der Waals surface area contributed by atoms with Gasteiger partial charge in [-0.05, 0) is 21.0 Å². The fourth-order valence-corrected chi connectivity index (χ4v) is 1.69. The Morgan fingerprint density at radius 3 is 2.54 bits per heavy atom. The van der Waals surface area contributed by atoms with E-state index in [1.165, 1.54) is 0 Å². The Morgan fingerprint density at radius 2 is 2.08 bits per heavy atom. The van der Waals surface area contributed by atoms with Gasteiger partial charge >= 0.3 is 0 Å². The molecule has 1 rings (SSSR count). The molecule has 0 aromatic carbocycles. The summed E-state index contributed by atoms with van der Waals surface area (Å²) < 4.78 is 10.6. The van der Waals surface area contributed by atoms with E-state index in [2.05, 4.69) is 0 Å². The zero-order valence-corrected chi connectivity index (χ0v) is 8.73. The summed E-state index contributed by atoms with van der Waals surface area (Å²) in [6.45, 7) is 1.87. The number of methoxy groups -OCH3 is 1. The lowest BCUT2D eigenvalue weighted by Crippen LogP contribution is -2.53. The van der Waals surface area contributed by atoms with Gasteiger partial charge in [-0.2, -0.15) is 0 Å². The number of aliphatic hydroxyl groups is 1. The predicted molar refractivity (Wildman–Crippen MR) is 49.4 cm³/mol. The fourth-order valence-electron chi connectivity index (χ4n) is 1.69. The van der Waals surface area contributed by atoms with Gasteiger partial charge in [0, 0.05) is 19.6 Å². The molecule has 1 aliphatic rings. The Balaban J connectivity index is 2.60. The topological polar surface area (TPSA) is 41.9 Å². The molecule has 1 saturated heterocycles. The summed E-state index contributed by atoms with van der Waals surface area (Å²) in [5, 5.41) is 9.80. The summed E-state index contributed by atoms with van der Waals surface area (Å²) in [4.78, 5) is 2.01. The van der Waals surface area contributed by atoms with Crippen molar-refractivity contribution in [3.8, 4) is 0 Å². The summed E-state index contributed by atoms with van der Waals surface area (Å²) >= 11 is 0. The van der Waals surface area contributed by atoms with Gasteiger partial charge in [-0.15, -0.1) is 0 Å². The average molecular weight is 189 g/mol. The smallest absolute Gasteiger partial charge is 0.159 e. The number of ether oxygens (including phenoxy) is 2. The van der Waals surface area contributed by atoms with Crippen molar-refractivity contribution in [3.63, 3.8) is 0 Å². The van der Waals surface area contributed by atoms with E-state index in [0.717, 1.165) is 6.42 Å². The molecule has 0 saturated carbocycles. The molecule has 0 unspecified atom stereocenters. The van der Waals surface area contributed by atoms with E-state index >= 15 is 0 Å². The molecule has 0 bridgehead atoms. The van der Waals surface area contributed by atoms with Gasteiger partial charge in [-0.3, -0.25) is 0 Å². The second-order valence-electron chi connectivity index (χ2n) is 3.76. The van der Waals surface area contributed by atoms with Crippen molar-refractivity contribution in [1.29, 1.82) is 0 Å². The Bertz CT molecular complexity index is 163. The standard InChI is InChI=1S/C9H19NO3/c1-6-9(11)7(10(2)3)5-8(12-4)13-6/h6-9,11H,5H2,1-4H3/t6-,7+,8-,9-/m0/s1. The lowest BCUT2D eigenvalue weighted by molar-refractivity contribution is -0.224. The number of nitrogens with zero attached hydrogens (tertiary/aromatic N) is 1. The highest BCUT2D eigenvalue weighted by Crippen LogP contribution is 2.23. The molecule has 4 atom stereocenters. The lowest BCUT2D eigenvalue weighted by Gasteiger charge is -2.40. The van der Waals surface area contributed by atoms with Crippen LogP contribution in [-0.2, 0) is 9.47 Å². The Hall–Kier alpha value is -0.160. The molecule has 1 fully saturated rings. The molecule has 1 N–H and O–H groups in total. The summed E-state index contributed by atoms with van der Waals surface area (Å²) in [6, 6.07) is 0.119. The summed E-state index contributed by atoms with van der Waals surface area (Å²) in [7, 11) is 5.54. The quantitative estimate of drug-likeness (QED) is 0.667. The minimum atomic E-state index is -0.429. The van der Waals surface area contributed by atoms with Crippen LogP contribution in [-0.4, -0.2) is 55.8 Å². The molecular formula is C9H19NO3. The summed E-state index contributed by atoms with van der Waals surface area (Å²) in [5.74, 6) is 0. The van der Waals surface area contributed by atoms with Crippen molar-refractivity contribution in [2.75, 3.05) is 21.2 Å². The number of aliphatic hydroxyl groups excluding tert-OH is 1. The predicted octanol–water partition coefficient (Wildman–Crippen LogP) is 0.0588. The van der Waals surface area contributed by atoms with Gasteiger partial charge in [0.2, 0.25) is 0 Å². The van der Waals surface area contributed by atoms with Crippen LogP contribution in [0.25, 0.3) is 0 Å². The maximum Gasteiger partial charge on any atom is 0.159 e. The maximum atomic E-state index is 9.80. The van der Waals surface area contributed by atoms with Crippen molar-refractivity contribution in [2.24, 2.45) is 0 Å². The van der Waals surface area contributed by atoms with Crippen molar-refractivity contribution < 1.29 is 14.6 Å². The number of hydrogen-bond donors (Lipinski definition) is 1. The van der Waals surface area contributed by atoms with Crippen molar-refractivity contribution in [1.82, 2.24) is 4.90 Å². The first-order valence-corrected chi connectivity index (χ1v) is 4.59. The van der Waals surface area contributed by atoms with Gasteiger partial charge in [0.1, 0.15) is 0 Å². The Morgan fingerprint density at radius 1 is 1.46 bits per heavy atom. The van der Waals surface area contributed by atoms with E-state index in [9.17, 15) is 5.11 Å². The van der Waals surface area contributed by atoms with Crippen LogP contribution in [0.4, 0.5) is 0 Å². The highest BCUT2D eigenvalue weighted by atomic mass is 16.7. The molecule has 0 spiro atoms. The molecule has 0 amide bonds. The molecule has 0 aromatic heterocycles. The normalized spacial score (nSPS) is 41.1. The van der Waals surface area contributed by atoms with Crippen LogP contribution in [0, 0.1) is 0 Å². The van der Waals surface area contributed by atoms with E-state index in [1.54, 1.807) is 7.11 Å². The van der Waals surface area contributed by atoms with E-state index in [0.29, 0.717) is 0 Å². The van der Waals surface area contributed by atoms with Crippen molar-refractivity contribution in [2.45, 2.75) is 37.9 Å². The molecule has 1 aliphatic heterocycles. The lowest BCUT2D eigenvalue weighted by atomic mass is 9.99. The summed E-state index contributed by atoms with van der Waals surface area (Å²) in [5.41, 5.74) is 0. The second kappa shape index (κ2) is 4.37. The van der Waals surface area contributed by atoms with E-state index in [-0.39, 0.29) is 18.4 Å². The van der Waals surface area contributed by atoms with Gasteiger partial charge in [0.15, 0.2) is 6.29 Å². The molecular weight excluding hydrogens is 170 g/mol. The first-order valence-electron chi connectivity index (χ1n) is 4.59. The fraction of sp³-hybridized carbons (Fsp3) is 1.00. The summed E-state index contributed by atoms with van der Waals surface area (Å²) in [6.07, 6.45) is -0.0621. The molecule has 4 heteroatoms. The Labute approximate surface area is 79.4 Å². The van der Waals surface area contributed by atoms with Crippen LogP contribution >= 0.6 is 0 Å². The van der Waals surface area contributed by atoms with Gasteiger partial charge in [0.05, 0.1) is 12.2 Å². The molecule has 13 heavy (non-hydrogen) atoms. The first-order chi connectivity index (χ1) is 6.06. The molecule has 0 aromatic rings. The van der Waals surface area contributed by atoms with Crippen molar-refractivity contribution in [3.05, 3.63) is 0 Å². The third-order valence-electron chi connectivity index (χ3n) is 2.60. The van der Waals surface area contributed by atoms with Crippen LogP contribution in [0.1, 0.15) is 13.3 Å². The van der Waals surface area contributed by atoms with Gasteiger partial charge in [0.25, 0.3) is 0 Å². The molecule has 0 aliphatic carbocycles. The van der Waals surface area contributed by atoms with Gasteiger partial charge in [-0.1, -0.05) is 0 Å². The highest BCUT2D eigenvalue weighted by molar-refractivity contribution is 4.85.